The van der Waals surface area contributed by atoms with Gasteiger partial charge < -0.3 is 9.47 Å². The molecule has 0 aromatic heterocycles. The van der Waals surface area contributed by atoms with Gasteiger partial charge in [-0.2, -0.15) is 4.31 Å². The predicted molar refractivity (Wildman–Crippen MR) is 96.9 cm³/mol. The predicted octanol–water partition coefficient (Wildman–Crippen LogP) is 3.58. The van der Waals surface area contributed by atoms with E-state index in [4.69, 9.17) is 21.1 Å². The molecule has 1 saturated heterocycles. The molecular formula is C18H20ClNO4S. The zero-order chi connectivity index (χ0) is 17.9. The highest BCUT2D eigenvalue weighted by molar-refractivity contribution is 7.89. The third-order valence-corrected chi connectivity index (χ3v) is 6.35. The van der Waals surface area contributed by atoms with Crippen LogP contribution in [0.1, 0.15) is 12.8 Å². The molecule has 7 heteroatoms. The lowest BCUT2D eigenvalue weighted by Gasteiger charge is -2.31. The summed E-state index contributed by atoms with van der Waals surface area (Å²) in [5.74, 6) is 1.10. The van der Waals surface area contributed by atoms with Crippen LogP contribution in [0.15, 0.2) is 53.4 Å². The lowest BCUT2D eigenvalue weighted by molar-refractivity contribution is 0.135. The second-order valence-corrected chi connectivity index (χ2v) is 8.17. The second-order valence-electron chi connectivity index (χ2n) is 5.83. The van der Waals surface area contributed by atoms with Crippen molar-refractivity contribution in [3.8, 4) is 11.5 Å². The summed E-state index contributed by atoms with van der Waals surface area (Å²) in [4.78, 5) is 0.102. The summed E-state index contributed by atoms with van der Waals surface area (Å²) in [6.07, 6.45) is 1.28. The van der Waals surface area contributed by atoms with Crippen molar-refractivity contribution in [3.05, 3.63) is 53.6 Å². The maximum atomic E-state index is 12.9. The summed E-state index contributed by atoms with van der Waals surface area (Å²) < 4.78 is 38.4. The molecule has 25 heavy (non-hydrogen) atoms. The SMILES string of the molecule is COc1ccc(Cl)cc1S(=O)(=O)N1CCC(Oc2ccccc2)CC1. The fourth-order valence-electron chi connectivity index (χ4n) is 2.87. The summed E-state index contributed by atoms with van der Waals surface area (Å²) in [6.45, 7) is 0.797. The number of hydrogen-bond donors (Lipinski definition) is 0. The summed E-state index contributed by atoms with van der Waals surface area (Å²) in [5, 5.41) is 0.363. The van der Waals surface area contributed by atoms with Crippen molar-refractivity contribution in [1.29, 1.82) is 0 Å². The Labute approximate surface area is 153 Å². The van der Waals surface area contributed by atoms with E-state index < -0.39 is 10.0 Å². The lowest BCUT2D eigenvalue weighted by Crippen LogP contribution is -2.41. The zero-order valence-corrected chi connectivity index (χ0v) is 15.5. The van der Waals surface area contributed by atoms with Gasteiger partial charge in [0.15, 0.2) is 0 Å². The average molecular weight is 382 g/mol. The molecule has 1 fully saturated rings. The summed E-state index contributed by atoms with van der Waals surface area (Å²) in [7, 11) is -2.21. The molecule has 0 unspecified atom stereocenters. The van der Waals surface area contributed by atoms with Crippen molar-refractivity contribution in [2.75, 3.05) is 20.2 Å². The third-order valence-electron chi connectivity index (χ3n) is 4.19. The smallest absolute Gasteiger partial charge is 0.246 e. The number of sulfonamides is 1. The van der Waals surface area contributed by atoms with Gasteiger partial charge in [0.2, 0.25) is 10.0 Å². The van der Waals surface area contributed by atoms with Crippen LogP contribution in [0, 0.1) is 0 Å². The monoisotopic (exact) mass is 381 g/mol. The number of piperidine rings is 1. The highest BCUT2D eigenvalue weighted by Crippen LogP contribution is 2.31. The Bertz CT molecular complexity index is 818. The number of halogens is 1. The zero-order valence-electron chi connectivity index (χ0n) is 13.9. The van der Waals surface area contributed by atoms with Gasteiger partial charge in [-0.1, -0.05) is 29.8 Å². The van der Waals surface area contributed by atoms with Gasteiger partial charge in [-0.05, 0) is 43.2 Å². The molecule has 0 saturated carbocycles. The van der Waals surface area contributed by atoms with E-state index in [1.165, 1.54) is 17.5 Å². The number of ether oxygens (including phenoxy) is 2. The van der Waals surface area contributed by atoms with Gasteiger partial charge in [0, 0.05) is 18.1 Å². The minimum absolute atomic E-state index is 0.00936. The quantitative estimate of drug-likeness (QED) is 0.794. The van der Waals surface area contributed by atoms with E-state index in [1.807, 2.05) is 30.3 Å². The van der Waals surface area contributed by atoms with Gasteiger partial charge in [-0.15, -0.1) is 0 Å². The molecule has 5 nitrogen and oxygen atoms in total. The van der Waals surface area contributed by atoms with E-state index in [0.29, 0.717) is 36.7 Å². The van der Waals surface area contributed by atoms with Crippen LogP contribution in [0.25, 0.3) is 0 Å². The van der Waals surface area contributed by atoms with Crippen molar-refractivity contribution in [2.24, 2.45) is 0 Å². The van der Waals surface area contributed by atoms with Crippen molar-refractivity contribution < 1.29 is 17.9 Å². The number of para-hydroxylation sites is 1. The van der Waals surface area contributed by atoms with E-state index in [2.05, 4.69) is 0 Å². The molecule has 0 N–H and O–H groups in total. The molecule has 1 heterocycles. The fraction of sp³-hybridized carbons (Fsp3) is 0.333. The fourth-order valence-corrected chi connectivity index (χ4v) is 4.76. The number of rotatable bonds is 5. The first kappa shape index (κ1) is 18.0. The summed E-state index contributed by atoms with van der Waals surface area (Å²) in [6, 6.07) is 14.2. The molecule has 2 aromatic rings. The van der Waals surface area contributed by atoms with E-state index >= 15 is 0 Å². The van der Waals surface area contributed by atoms with Gasteiger partial charge in [0.1, 0.15) is 22.5 Å². The number of nitrogens with zero attached hydrogens (tertiary/aromatic N) is 1. The number of methoxy groups -OCH3 is 1. The van der Waals surface area contributed by atoms with Crippen LogP contribution in [0.4, 0.5) is 0 Å². The van der Waals surface area contributed by atoms with Crippen molar-refractivity contribution >= 4 is 21.6 Å². The molecule has 0 amide bonds. The van der Waals surface area contributed by atoms with Crippen LogP contribution in [-0.4, -0.2) is 39.0 Å². The minimum atomic E-state index is -3.66. The molecule has 0 spiro atoms. The molecule has 2 aromatic carbocycles. The molecule has 0 radical (unpaired) electrons. The first-order valence-electron chi connectivity index (χ1n) is 8.06. The normalized spacial score (nSPS) is 16.6. The van der Waals surface area contributed by atoms with Gasteiger partial charge in [-0.3, -0.25) is 0 Å². The number of hydrogen-bond acceptors (Lipinski definition) is 4. The molecule has 1 aliphatic rings. The minimum Gasteiger partial charge on any atom is -0.495 e. The molecule has 0 atom stereocenters. The highest BCUT2D eigenvalue weighted by Gasteiger charge is 2.32. The first-order chi connectivity index (χ1) is 12.0. The van der Waals surface area contributed by atoms with E-state index in [-0.39, 0.29) is 11.0 Å². The Morgan fingerprint density at radius 2 is 1.76 bits per heavy atom. The molecule has 1 aliphatic heterocycles. The number of benzene rings is 2. The largest absolute Gasteiger partial charge is 0.495 e. The summed E-state index contributed by atoms with van der Waals surface area (Å²) >= 11 is 5.97. The van der Waals surface area contributed by atoms with Crippen LogP contribution in [0.3, 0.4) is 0 Å². The average Bonchev–Trinajstić information content (AvgIpc) is 2.63. The van der Waals surface area contributed by atoms with E-state index in [9.17, 15) is 8.42 Å². The van der Waals surface area contributed by atoms with Crippen LogP contribution in [0.2, 0.25) is 5.02 Å². The van der Waals surface area contributed by atoms with E-state index in [0.717, 1.165) is 5.75 Å². The Morgan fingerprint density at radius 3 is 2.40 bits per heavy atom. The van der Waals surface area contributed by atoms with Crippen molar-refractivity contribution in [3.63, 3.8) is 0 Å². The van der Waals surface area contributed by atoms with Gasteiger partial charge >= 0.3 is 0 Å². The third kappa shape index (κ3) is 4.08. The Morgan fingerprint density at radius 1 is 1.08 bits per heavy atom. The van der Waals surface area contributed by atoms with Crippen LogP contribution >= 0.6 is 11.6 Å². The lowest BCUT2D eigenvalue weighted by atomic mass is 10.1. The van der Waals surface area contributed by atoms with Gasteiger partial charge in [0.25, 0.3) is 0 Å². The van der Waals surface area contributed by atoms with Gasteiger partial charge in [0.05, 0.1) is 7.11 Å². The first-order valence-corrected chi connectivity index (χ1v) is 9.88. The Balaban J connectivity index is 1.71. The van der Waals surface area contributed by atoms with Gasteiger partial charge in [-0.25, -0.2) is 8.42 Å². The standard InChI is InChI=1S/C18H20ClNO4S/c1-23-17-8-7-14(19)13-18(17)25(21,22)20-11-9-16(10-12-20)24-15-5-3-2-4-6-15/h2-8,13,16H,9-12H2,1H3. The topological polar surface area (TPSA) is 55.8 Å². The molecule has 134 valence electrons. The van der Waals surface area contributed by atoms with Crippen LogP contribution in [0.5, 0.6) is 11.5 Å². The molecule has 0 aliphatic carbocycles. The van der Waals surface area contributed by atoms with Crippen molar-refractivity contribution in [2.45, 2.75) is 23.8 Å². The molecular weight excluding hydrogens is 362 g/mol. The molecule has 0 bridgehead atoms. The Kier molecular flexibility index (Phi) is 5.51. The second kappa shape index (κ2) is 7.64. The summed E-state index contributed by atoms with van der Waals surface area (Å²) in [5.41, 5.74) is 0. The maximum absolute atomic E-state index is 12.9. The highest BCUT2D eigenvalue weighted by atomic mass is 35.5. The molecule has 3 rings (SSSR count). The van der Waals surface area contributed by atoms with Crippen LogP contribution < -0.4 is 9.47 Å². The maximum Gasteiger partial charge on any atom is 0.246 e. The van der Waals surface area contributed by atoms with Crippen LogP contribution in [-0.2, 0) is 10.0 Å². The van der Waals surface area contributed by atoms with Crippen molar-refractivity contribution in [1.82, 2.24) is 4.31 Å². The Hall–Kier alpha value is -1.76. The van der Waals surface area contributed by atoms with E-state index in [1.54, 1.807) is 12.1 Å².